The number of nitrogens with one attached hydrogen (secondary N) is 1. The number of methoxy groups -OCH3 is 1. The Kier molecular flexibility index (Phi) is 4.04. The molecule has 2 unspecified atom stereocenters. The predicted octanol–water partition coefficient (Wildman–Crippen LogP) is 1.23. The Hall–Kier alpha value is -2.04. The molecule has 0 bridgehead atoms. The van der Waals surface area contributed by atoms with E-state index in [1.54, 1.807) is 6.92 Å². The highest BCUT2D eigenvalue weighted by Crippen LogP contribution is 2.33. The number of hydrogen-bond donors (Lipinski definition) is 1. The molecule has 5 nitrogen and oxygen atoms in total. The summed E-state index contributed by atoms with van der Waals surface area (Å²) in [6, 6.07) is 6.82. The van der Waals surface area contributed by atoms with Crippen LogP contribution in [0.2, 0.25) is 0 Å². The third-order valence-corrected chi connectivity index (χ3v) is 3.19. The van der Waals surface area contributed by atoms with Gasteiger partial charge in [0.25, 0.3) is 0 Å². The van der Waals surface area contributed by atoms with Gasteiger partial charge < -0.3 is 14.8 Å². The molecule has 0 aromatic heterocycles. The molecule has 2 atom stereocenters. The molecule has 1 amide bonds. The van der Waals surface area contributed by atoms with E-state index in [4.69, 9.17) is 4.74 Å². The minimum atomic E-state index is -0.646. The zero-order valence-corrected chi connectivity index (χ0v) is 11.0. The minimum absolute atomic E-state index is 0.173. The molecular formula is C14H17NO4. The molecule has 0 radical (unpaired) electrons. The van der Waals surface area contributed by atoms with Crippen LogP contribution in [0, 0.1) is 0 Å². The Balaban J connectivity index is 2.11. The Morgan fingerprint density at radius 2 is 2.16 bits per heavy atom. The number of esters is 1. The largest absolute Gasteiger partial charge is 0.493 e. The lowest BCUT2D eigenvalue weighted by Gasteiger charge is -2.25. The zero-order chi connectivity index (χ0) is 13.8. The zero-order valence-electron chi connectivity index (χ0n) is 11.0. The first kappa shape index (κ1) is 13.4. The van der Waals surface area contributed by atoms with Crippen molar-refractivity contribution in [3.63, 3.8) is 0 Å². The van der Waals surface area contributed by atoms with Crippen LogP contribution in [0.25, 0.3) is 0 Å². The fraction of sp³-hybridized carbons (Fsp3) is 0.429. The second kappa shape index (κ2) is 5.73. The summed E-state index contributed by atoms with van der Waals surface area (Å²) >= 11 is 0. The fourth-order valence-corrected chi connectivity index (χ4v) is 2.16. The van der Waals surface area contributed by atoms with Crippen molar-refractivity contribution in [2.45, 2.75) is 25.3 Å². The van der Waals surface area contributed by atoms with Gasteiger partial charge in [-0.1, -0.05) is 18.2 Å². The summed E-state index contributed by atoms with van der Waals surface area (Å²) in [5, 5.41) is 2.67. The highest BCUT2D eigenvalue weighted by molar-refractivity contribution is 5.89. The molecule has 2 rings (SSSR count). The lowest BCUT2D eigenvalue weighted by molar-refractivity contribution is -0.144. The van der Waals surface area contributed by atoms with E-state index in [-0.39, 0.29) is 11.8 Å². The second-order valence-corrected chi connectivity index (χ2v) is 4.48. The van der Waals surface area contributed by atoms with Crippen LogP contribution in [0.3, 0.4) is 0 Å². The molecule has 19 heavy (non-hydrogen) atoms. The average molecular weight is 263 g/mol. The van der Waals surface area contributed by atoms with Gasteiger partial charge >= 0.3 is 5.97 Å². The van der Waals surface area contributed by atoms with Gasteiger partial charge in [-0.3, -0.25) is 4.79 Å². The quantitative estimate of drug-likeness (QED) is 0.833. The van der Waals surface area contributed by atoms with Crippen LogP contribution in [-0.4, -0.2) is 31.6 Å². The van der Waals surface area contributed by atoms with Crippen LogP contribution in [0.4, 0.5) is 0 Å². The normalized spacial score (nSPS) is 18.7. The summed E-state index contributed by atoms with van der Waals surface area (Å²) in [5.74, 6) is -0.168. The van der Waals surface area contributed by atoms with Crippen molar-refractivity contribution in [3.05, 3.63) is 29.8 Å². The number of rotatable bonds is 3. The van der Waals surface area contributed by atoms with E-state index in [0.717, 1.165) is 11.3 Å². The molecule has 1 heterocycles. The Morgan fingerprint density at radius 1 is 1.42 bits per heavy atom. The van der Waals surface area contributed by atoms with Crippen molar-refractivity contribution in [2.75, 3.05) is 13.7 Å². The molecule has 1 N–H and O–H groups in total. The first-order chi connectivity index (χ1) is 9.13. The topological polar surface area (TPSA) is 64.6 Å². The third kappa shape index (κ3) is 2.86. The molecule has 1 aromatic rings. The lowest BCUT2D eigenvalue weighted by atomic mass is 9.92. The minimum Gasteiger partial charge on any atom is -0.493 e. The molecule has 102 valence electrons. The van der Waals surface area contributed by atoms with E-state index in [0.29, 0.717) is 13.0 Å². The number of carbonyl (C=O) groups is 2. The standard InChI is InChI=1S/C14H17NO4/c1-9(14(17)18-2)15-13(16)11-7-8-19-12-6-4-3-5-10(11)12/h3-6,9,11H,7-8H2,1-2H3,(H,15,16). The number of benzene rings is 1. The van der Waals surface area contributed by atoms with Crippen LogP contribution >= 0.6 is 0 Å². The van der Waals surface area contributed by atoms with Crippen LogP contribution in [0.1, 0.15) is 24.8 Å². The summed E-state index contributed by atoms with van der Waals surface area (Å²) in [6.45, 7) is 2.11. The Morgan fingerprint density at radius 3 is 2.89 bits per heavy atom. The number of amides is 1. The molecular weight excluding hydrogens is 246 g/mol. The number of ether oxygens (including phenoxy) is 2. The third-order valence-electron chi connectivity index (χ3n) is 3.19. The first-order valence-electron chi connectivity index (χ1n) is 6.23. The molecule has 1 aromatic carbocycles. The maximum absolute atomic E-state index is 12.2. The number of hydrogen-bond acceptors (Lipinski definition) is 4. The maximum Gasteiger partial charge on any atom is 0.328 e. The van der Waals surface area contributed by atoms with Crippen molar-refractivity contribution in [1.82, 2.24) is 5.32 Å². The van der Waals surface area contributed by atoms with Crippen molar-refractivity contribution in [1.29, 1.82) is 0 Å². The first-order valence-corrected chi connectivity index (χ1v) is 6.23. The van der Waals surface area contributed by atoms with E-state index in [2.05, 4.69) is 10.1 Å². The van der Waals surface area contributed by atoms with E-state index in [1.807, 2.05) is 24.3 Å². The van der Waals surface area contributed by atoms with E-state index < -0.39 is 12.0 Å². The summed E-state index contributed by atoms with van der Waals surface area (Å²) in [6.07, 6.45) is 0.608. The van der Waals surface area contributed by atoms with Crippen LogP contribution in [0.5, 0.6) is 5.75 Å². The van der Waals surface area contributed by atoms with E-state index in [9.17, 15) is 9.59 Å². The molecule has 0 aliphatic carbocycles. The summed E-state index contributed by atoms with van der Waals surface area (Å²) in [4.78, 5) is 23.5. The molecule has 0 fully saturated rings. The molecule has 0 saturated carbocycles. The lowest BCUT2D eigenvalue weighted by Crippen LogP contribution is -2.42. The van der Waals surface area contributed by atoms with Gasteiger partial charge in [0.1, 0.15) is 11.8 Å². The highest BCUT2D eigenvalue weighted by atomic mass is 16.5. The summed E-state index contributed by atoms with van der Waals surface area (Å²) < 4.78 is 10.1. The average Bonchev–Trinajstić information content (AvgIpc) is 2.45. The van der Waals surface area contributed by atoms with Crippen molar-refractivity contribution in [3.8, 4) is 5.75 Å². The molecule has 0 saturated heterocycles. The number of carbonyl (C=O) groups excluding carboxylic acids is 2. The Bertz CT molecular complexity index is 486. The van der Waals surface area contributed by atoms with Gasteiger partial charge in [-0.05, 0) is 19.4 Å². The molecule has 1 aliphatic rings. The van der Waals surface area contributed by atoms with E-state index in [1.165, 1.54) is 7.11 Å². The predicted molar refractivity (Wildman–Crippen MR) is 68.9 cm³/mol. The van der Waals surface area contributed by atoms with Crippen molar-refractivity contribution < 1.29 is 19.1 Å². The Labute approximate surface area is 111 Å². The van der Waals surface area contributed by atoms with Crippen LogP contribution in [0.15, 0.2) is 24.3 Å². The monoisotopic (exact) mass is 263 g/mol. The van der Waals surface area contributed by atoms with Gasteiger partial charge in [0.2, 0.25) is 5.91 Å². The van der Waals surface area contributed by atoms with Gasteiger partial charge in [0.05, 0.1) is 19.6 Å². The molecule has 5 heteroatoms. The number of fused-ring (bicyclic) bond motifs is 1. The van der Waals surface area contributed by atoms with E-state index >= 15 is 0 Å². The van der Waals surface area contributed by atoms with Gasteiger partial charge in [-0.25, -0.2) is 4.79 Å². The van der Waals surface area contributed by atoms with Crippen molar-refractivity contribution in [2.24, 2.45) is 0 Å². The van der Waals surface area contributed by atoms with Crippen molar-refractivity contribution >= 4 is 11.9 Å². The number of para-hydroxylation sites is 1. The van der Waals surface area contributed by atoms with Gasteiger partial charge in [-0.15, -0.1) is 0 Å². The van der Waals surface area contributed by atoms with Gasteiger partial charge in [0, 0.05) is 5.56 Å². The smallest absolute Gasteiger partial charge is 0.328 e. The van der Waals surface area contributed by atoms with Gasteiger partial charge in [-0.2, -0.15) is 0 Å². The molecule has 1 aliphatic heterocycles. The van der Waals surface area contributed by atoms with Crippen LogP contribution in [-0.2, 0) is 14.3 Å². The highest BCUT2D eigenvalue weighted by Gasteiger charge is 2.29. The van der Waals surface area contributed by atoms with Gasteiger partial charge in [0.15, 0.2) is 0 Å². The molecule has 0 spiro atoms. The fourth-order valence-electron chi connectivity index (χ4n) is 2.16. The summed E-state index contributed by atoms with van der Waals surface area (Å²) in [5.41, 5.74) is 0.864. The SMILES string of the molecule is COC(=O)C(C)NC(=O)C1CCOc2ccccc21. The maximum atomic E-state index is 12.2. The summed E-state index contributed by atoms with van der Waals surface area (Å²) in [7, 11) is 1.30. The second-order valence-electron chi connectivity index (χ2n) is 4.48. The van der Waals surface area contributed by atoms with Crippen LogP contribution < -0.4 is 10.1 Å².